The summed E-state index contributed by atoms with van der Waals surface area (Å²) in [5, 5.41) is 5.02. The quantitative estimate of drug-likeness (QED) is 0.563. The van der Waals surface area contributed by atoms with Gasteiger partial charge in [-0.3, -0.25) is 14.7 Å². The lowest BCUT2D eigenvalue weighted by atomic mass is 10.1. The number of carbonyl (C=O) groups is 2. The van der Waals surface area contributed by atoms with E-state index in [1.807, 2.05) is 59.2 Å². The third-order valence-electron chi connectivity index (χ3n) is 4.34. The highest BCUT2D eigenvalue weighted by Gasteiger charge is 2.22. The molecule has 0 saturated heterocycles. The van der Waals surface area contributed by atoms with Crippen LogP contribution in [0.25, 0.3) is 16.9 Å². The number of imide groups is 1. The summed E-state index contributed by atoms with van der Waals surface area (Å²) in [4.78, 5) is 28.6. The number of aromatic nitrogens is 2. The summed E-state index contributed by atoms with van der Waals surface area (Å²) < 4.78 is 7.36. The molecule has 0 aliphatic heterocycles. The van der Waals surface area contributed by atoms with E-state index >= 15 is 0 Å². The molecule has 3 amide bonds. The Kier molecular flexibility index (Phi) is 7.13. The number of carbonyl (C=O) groups excluding carboxylic acids is 2. The van der Waals surface area contributed by atoms with E-state index < -0.39 is 11.3 Å². The van der Waals surface area contributed by atoms with Crippen molar-refractivity contribution in [1.82, 2.24) is 20.2 Å². The molecule has 1 unspecified atom stereocenters. The average molecular weight is 425 g/mol. The van der Waals surface area contributed by atoms with Crippen LogP contribution >= 0.6 is 11.8 Å². The van der Waals surface area contributed by atoms with E-state index in [0.29, 0.717) is 11.7 Å². The highest BCUT2D eigenvalue weighted by molar-refractivity contribution is 8.00. The lowest BCUT2D eigenvalue weighted by Crippen LogP contribution is -2.42. The van der Waals surface area contributed by atoms with Gasteiger partial charge in [0.1, 0.15) is 5.75 Å². The second kappa shape index (κ2) is 9.98. The van der Waals surface area contributed by atoms with Crippen molar-refractivity contribution in [3.8, 4) is 22.7 Å². The number of imidazole rings is 1. The van der Waals surface area contributed by atoms with Crippen LogP contribution in [0, 0.1) is 0 Å². The van der Waals surface area contributed by atoms with Crippen molar-refractivity contribution < 1.29 is 14.3 Å². The van der Waals surface area contributed by atoms with Crippen LogP contribution < -0.4 is 15.4 Å². The van der Waals surface area contributed by atoms with Gasteiger partial charge in [-0.15, -0.1) is 0 Å². The fourth-order valence-corrected chi connectivity index (χ4v) is 3.76. The van der Waals surface area contributed by atoms with Crippen molar-refractivity contribution in [2.24, 2.45) is 0 Å². The number of nitrogens with zero attached hydrogens (tertiary/aromatic N) is 2. The van der Waals surface area contributed by atoms with Crippen molar-refractivity contribution in [2.75, 3.05) is 13.7 Å². The number of hydrogen-bond donors (Lipinski definition) is 2. The zero-order valence-corrected chi connectivity index (χ0v) is 17.9. The maximum Gasteiger partial charge on any atom is 0.321 e. The second-order valence-corrected chi connectivity index (χ2v) is 7.75. The first-order valence-corrected chi connectivity index (χ1v) is 10.4. The predicted molar refractivity (Wildman–Crippen MR) is 118 cm³/mol. The van der Waals surface area contributed by atoms with Gasteiger partial charge in [-0.25, -0.2) is 9.78 Å². The Morgan fingerprint density at radius 1 is 1.17 bits per heavy atom. The zero-order chi connectivity index (χ0) is 21.5. The minimum atomic E-state index is -0.525. The monoisotopic (exact) mass is 424 g/mol. The molecule has 0 aliphatic rings. The van der Waals surface area contributed by atoms with Gasteiger partial charge in [-0.1, -0.05) is 48.2 Å². The third kappa shape index (κ3) is 5.01. The normalized spacial score (nSPS) is 11.6. The van der Waals surface area contributed by atoms with Gasteiger partial charge >= 0.3 is 6.03 Å². The van der Waals surface area contributed by atoms with Crippen molar-refractivity contribution >= 4 is 23.7 Å². The van der Waals surface area contributed by atoms with Crippen LogP contribution in [0.5, 0.6) is 5.75 Å². The van der Waals surface area contributed by atoms with Crippen molar-refractivity contribution in [1.29, 1.82) is 0 Å². The Balaban J connectivity index is 1.95. The minimum absolute atomic E-state index is 0.382. The van der Waals surface area contributed by atoms with Crippen LogP contribution in [0.3, 0.4) is 0 Å². The van der Waals surface area contributed by atoms with Gasteiger partial charge in [0, 0.05) is 18.2 Å². The Morgan fingerprint density at radius 3 is 2.63 bits per heavy atom. The summed E-state index contributed by atoms with van der Waals surface area (Å²) in [6.07, 6.45) is 1.78. The molecule has 0 spiro atoms. The van der Waals surface area contributed by atoms with E-state index in [1.54, 1.807) is 27.2 Å². The fourth-order valence-electron chi connectivity index (χ4n) is 2.86. The first kappa shape index (κ1) is 21.4. The Labute approximate surface area is 179 Å². The Morgan fingerprint density at radius 2 is 1.93 bits per heavy atom. The van der Waals surface area contributed by atoms with Gasteiger partial charge in [0.05, 0.1) is 29.9 Å². The molecule has 0 radical (unpaired) electrons. The minimum Gasteiger partial charge on any atom is -0.497 e. The summed E-state index contributed by atoms with van der Waals surface area (Å²) >= 11 is 1.28. The van der Waals surface area contributed by atoms with Gasteiger partial charge in [0.2, 0.25) is 5.91 Å². The maximum atomic E-state index is 12.4. The number of urea groups is 1. The van der Waals surface area contributed by atoms with Crippen LogP contribution in [0.15, 0.2) is 66.0 Å². The molecule has 1 aromatic heterocycles. The van der Waals surface area contributed by atoms with E-state index in [2.05, 4.69) is 15.6 Å². The van der Waals surface area contributed by atoms with Crippen LogP contribution in [0.2, 0.25) is 0 Å². The molecule has 0 fully saturated rings. The standard InChI is InChI=1S/C22H24N4O3S/c1-4-23-21(28)25-20(27)15(2)30-22-24-14-19(16-9-6-5-7-10-16)26(22)17-11-8-12-18(13-17)29-3/h5-15H,4H2,1-3H3,(H2,23,25,27,28). The lowest BCUT2D eigenvalue weighted by Gasteiger charge is -2.15. The van der Waals surface area contributed by atoms with Crippen LogP contribution in [0.4, 0.5) is 4.79 Å². The lowest BCUT2D eigenvalue weighted by molar-refractivity contribution is -0.119. The van der Waals surface area contributed by atoms with E-state index in [9.17, 15) is 9.59 Å². The molecule has 0 bridgehead atoms. The first-order chi connectivity index (χ1) is 14.5. The summed E-state index contributed by atoms with van der Waals surface area (Å²) in [5.41, 5.74) is 2.76. The van der Waals surface area contributed by atoms with Crippen molar-refractivity contribution in [3.63, 3.8) is 0 Å². The average Bonchev–Trinajstić information content (AvgIpc) is 3.18. The molecular formula is C22H24N4O3S. The number of hydrogen-bond acceptors (Lipinski definition) is 5. The Hall–Kier alpha value is -3.26. The molecule has 3 aromatic rings. The van der Waals surface area contributed by atoms with Crippen LogP contribution in [-0.2, 0) is 4.79 Å². The molecule has 0 saturated carbocycles. The Bertz CT molecular complexity index is 1020. The summed E-state index contributed by atoms with van der Waals surface area (Å²) in [5.74, 6) is 0.339. The van der Waals surface area contributed by atoms with E-state index in [-0.39, 0.29) is 5.91 Å². The molecule has 1 heterocycles. The number of benzene rings is 2. The number of rotatable bonds is 7. The van der Waals surface area contributed by atoms with Crippen LogP contribution in [0.1, 0.15) is 13.8 Å². The molecule has 0 aliphatic carbocycles. The zero-order valence-electron chi connectivity index (χ0n) is 17.1. The number of thioether (sulfide) groups is 1. The highest BCUT2D eigenvalue weighted by Crippen LogP contribution is 2.32. The fraction of sp³-hybridized carbons (Fsp3) is 0.227. The summed E-state index contributed by atoms with van der Waals surface area (Å²) in [7, 11) is 1.62. The molecule has 2 N–H and O–H groups in total. The van der Waals surface area contributed by atoms with Crippen molar-refractivity contribution in [3.05, 3.63) is 60.8 Å². The summed E-state index contributed by atoms with van der Waals surface area (Å²) in [6, 6.07) is 17.1. The van der Waals surface area contributed by atoms with Crippen LogP contribution in [-0.4, -0.2) is 40.4 Å². The smallest absolute Gasteiger partial charge is 0.321 e. The molecule has 1 atom stereocenters. The van der Waals surface area contributed by atoms with Gasteiger partial charge in [0.25, 0.3) is 0 Å². The number of amides is 3. The number of ether oxygens (including phenoxy) is 1. The number of methoxy groups -OCH3 is 1. The van der Waals surface area contributed by atoms with Gasteiger partial charge in [-0.2, -0.15) is 0 Å². The molecule has 2 aromatic carbocycles. The molecule has 7 nitrogen and oxygen atoms in total. The maximum absolute atomic E-state index is 12.4. The summed E-state index contributed by atoms with van der Waals surface area (Å²) in [6.45, 7) is 3.98. The highest BCUT2D eigenvalue weighted by atomic mass is 32.2. The molecule has 8 heteroatoms. The largest absolute Gasteiger partial charge is 0.497 e. The third-order valence-corrected chi connectivity index (χ3v) is 5.40. The molecular weight excluding hydrogens is 400 g/mol. The van der Waals surface area contributed by atoms with Gasteiger partial charge < -0.3 is 10.1 Å². The second-order valence-electron chi connectivity index (χ2n) is 6.44. The number of nitrogens with one attached hydrogen (secondary N) is 2. The topological polar surface area (TPSA) is 85.3 Å². The van der Waals surface area contributed by atoms with E-state index in [0.717, 1.165) is 22.7 Å². The van der Waals surface area contributed by atoms with Crippen molar-refractivity contribution in [2.45, 2.75) is 24.3 Å². The van der Waals surface area contributed by atoms with Gasteiger partial charge in [0.15, 0.2) is 5.16 Å². The molecule has 30 heavy (non-hydrogen) atoms. The van der Waals surface area contributed by atoms with Gasteiger partial charge in [-0.05, 0) is 26.0 Å². The van der Waals surface area contributed by atoms with E-state index in [4.69, 9.17) is 4.74 Å². The first-order valence-electron chi connectivity index (χ1n) is 9.56. The molecule has 156 valence electrons. The predicted octanol–water partition coefficient (Wildman–Crippen LogP) is 3.87. The molecule has 3 rings (SSSR count). The SMILES string of the molecule is CCNC(=O)NC(=O)C(C)Sc1ncc(-c2ccccc2)n1-c1cccc(OC)c1. The van der Waals surface area contributed by atoms with E-state index in [1.165, 1.54) is 11.8 Å².